The summed E-state index contributed by atoms with van der Waals surface area (Å²) in [6.45, 7) is 8.52. The van der Waals surface area contributed by atoms with Crippen LogP contribution in [0.3, 0.4) is 0 Å². The molecule has 10 nitrogen and oxygen atoms in total. The van der Waals surface area contributed by atoms with Crippen molar-refractivity contribution in [1.82, 2.24) is 39.7 Å². The van der Waals surface area contributed by atoms with E-state index in [-0.39, 0.29) is 5.82 Å². The Morgan fingerprint density at radius 2 is 1.84 bits per heavy atom. The number of anilines is 2. The average molecular weight is 514 g/mol. The lowest BCUT2D eigenvalue weighted by Crippen LogP contribution is -2.09. The van der Waals surface area contributed by atoms with Crippen molar-refractivity contribution in [1.29, 1.82) is 0 Å². The second kappa shape index (κ2) is 9.47. The van der Waals surface area contributed by atoms with Crippen LogP contribution in [0.1, 0.15) is 42.6 Å². The molecule has 1 aliphatic rings. The van der Waals surface area contributed by atoms with Gasteiger partial charge in [-0.2, -0.15) is 10.2 Å². The van der Waals surface area contributed by atoms with Gasteiger partial charge in [-0.25, -0.2) is 23.7 Å². The Kier molecular flexibility index (Phi) is 5.97. The molecule has 1 fully saturated rings. The molecule has 4 aromatic heterocycles. The van der Waals surface area contributed by atoms with Crippen molar-refractivity contribution in [2.75, 3.05) is 5.32 Å². The quantitative estimate of drug-likeness (QED) is 0.295. The molecule has 6 rings (SSSR count). The van der Waals surface area contributed by atoms with Gasteiger partial charge in [0.2, 0.25) is 5.89 Å². The van der Waals surface area contributed by atoms with Crippen molar-refractivity contribution in [3.05, 3.63) is 65.3 Å². The highest BCUT2D eigenvalue weighted by atomic mass is 19.1. The molecule has 5 aromatic rings. The lowest BCUT2D eigenvalue weighted by Gasteiger charge is -2.12. The number of benzene rings is 1. The topological polar surface area (TPSA) is 112 Å². The molecule has 0 spiro atoms. The normalized spacial score (nSPS) is 13.3. The highest BCUT2D eigenvalue weighted by Gasteiger charge is 2.27. The highest BCUT2D eigenvalue weighted by molar-refractivity contribution is 5.72. The SMILES string of the molecule is CCc1c(-c2ccc(F)cc2)nn(CC2CC2)c1Nc1cc(-n2nc(C)c(-c3nnc(C)o3)c2C)ncn1. The van der Waals surface area contributed by atoms with Gasteiger partial charge in [0.1, 0.15) is 23.8 Å². The molecule has 0 amide bonds. The number of aryl methyl sites for hydroxylation is 2. The molecular formula is C27H28FN9O. The Hall–Kier alpha value is -4.41. The summed E-state index contributed by atoms with van der Waals surface area (Å²) in [5.74, 6) is 3.39. The molecule has 194 valence electrons. The van der Waals surface area contributed by atoms with Gasteiger partial charge in [0.15, 0.2) is 5.82 Å². The van der Waals surface area contributed by atoms with E-state index in [2.05, 4.69) is 37.5 Å². The minimum absolute atomic E-state index is 0.266. The lowest BCUT2D eigenvalue weighted by molar-refractivity contribution is 0.532. The minimum atomic E-state index is -0.266. The first-order valence-corrected chi connectivity index (χ1v) is 12.7. The number of hydrogen-bond acceptors (Lipinski definition) is 8. The lowest BCUT2D eigenvalue weighted by atomic mass is 10.1. The van der Waals surface area contributed by atoms with Gasteiger partial charge >= 0.3 is 0 Å². The van der Waals surface area contributed by atoms with Crippen LogP contribution in [0.5, 0.6) is 0 Å². The van der Waals surface area contributed by atoms with Gasteiger partial charge in [0, 0.05) is 30.7 Å². The zero-order valence-electron chi connectivity index (χ0n) is 21.7. The fourth-order valence-electron chi connectivity index (χ4n) is 4.72. The van der Waals surface area contributed by atoms with E-state index in [4.69, 9.17) is 9.52 Å². The Balaban J connectivity index is 1.37. The van der Waals surface area contributed by atoms with Gasteiger partial charge in [-0.3, -0.25) is 0 Å². The van der Waals surface area contributed by atoms with E-state index < -0.39 is 0 Å². The number of nitrogens with zero attached hydrogens (tertiary/aromatic N) is 8. The molecule has 1 aromatic carbocycles. The van der Waals surface area contributed by atoms with Crippen LogP contribution in [-0.4, -0.2) is 39.7 Å². The summed E-state index contributed by atoms with van der Waals surface area (Å²) in [6, 6.07) is 8.34. The molecule has 0 bridgehead atoms. The second-order valence-electron chi connectivity index (χ2n) is 9.63. The van der Waals surface area contributed by atoms with Crippen LogP contribution >= 0.6 is 0 Å². The first-order chi connectivity index (χ1) is 18.4. The van der Waals surface area contributed by atoms with Gasteiger partial charge in [-0.15, -0.1) is 10.2 Å². The highest BCUT2D eigenvalue weighted by Crippen LogP contribution is 2.36. The molecule has 1 saturated carbocycles. The molecule has 0 aliphatic heterocycles. The van der Waals surface area contributed by atoms with Gasteiger partial charge < -0.3 is 9.73 Å². The summed E-state index contributed by atoms with van der Waals surface area (Å²) < 4.78 is 23.0. The van der Waals surface area contributed by atoms with Crippen molar-refractivity contribution in [2.45, 2.75) is 53.5 Å². The number of aromatic nitrogens is 8. The molecule has 1 N–H and O–H groups in total. The van der Waals surface area contributed by atoms with Crippen molar-refractivity contribution >= 4 is 11.6 Å². The maximum absolute atomic E-state index is 13.6. The second-order valence-corrected chi connectivity index (χ2v) is 9.63. The Bertz CT molecular complexity index is 1610. The maximum Gasteiger partial charge on any atom is 0.251 e. The third kappa shape index (κ3) is 4.44. The Morgan fingerprint density at radius 3 is 2.53 bits per heavy atom. The van der Waals surface area contributed by atoms with Crippen LogP contribution in [0.25, 0.3) is 28.5 Å². The van der Waals surface area contributed by atoms with Crippen LogP contribution in [0.2, 0.25) is 0 Å². The van der Waals surface area contributed by atoms with Crippen LogP contribution in [0.4, 0.5) is 16.0 Å². The number of nitrogens with one attached hydrogen (secondary N) is 1. The minimum Gasteiger partial charge on any atom is -0.421 e. The molecule has 11 heteroatoms. The molecule has 0 saturated heterocycles. The van der Waals surface area contributed by atoms with E-state index in [0.29, 0.717) is 29.3 Å². The first-order valence-electron chi connectivity index (χ1n) is 12.7. The molecule has 0 unspecified atom stereocenters. The summed E-state index contributed by atoms with van der Waals surface area (Å²) in [5.41, 5.74) is 5.18. The van der Waals surface area contributed by atoms with Crippen molar-refractivity contribution in [3.8, 4) is 28.5 Å². The molecular weight excluding hydrogens is 485 g/mol. The fourth-order valence-corrected chi connectivity index (χ4v) is 4.72. The van der Waals surface area contributed by atoms with Crippen LogP contribution in [-0.2, 0) is 13.0 Å². The monoisotopic (exact) mass is 513 g/mol. The molecule has 0 radical (unpaired) electrons. The van der Waals surface area contributed by atoms with E-state index in [1.807, 2.05) is 24.6 Å². The Labute approximate surface area is 219 Å². The molecule has 0 atom stereocenters. The summed E-state index contributed by atoms with van der Waals surface area (Å²) >= 11 is 0. The maximum atomic E-state index is 13.6. The van der Waals surface area contributed by atoms with Gasteiger partial charge in [0.05, 0.1) is 22.6 Å². The Morgan fingerprint density at radius 1 is 1.05 bits per heavy atom. The van der Waals surface area contributed by atoms with Crippen LogP contribution in [0.15, 0.2) is 41.1 Å². The van der Waals surface area contributed by atoms with E-state index in [1.54, 1.807) is 23.7 Å². The van der Waals surface area contributed by atoms with Crippen LogP contribution in [0, 0.1) is 32.5 Å². The fraction of sp³-hybridized carbons (Fsp3) is 0.333. The molecule has 1 aliphatic carbocycles. The van der Waals surface area contributed by atoms with Gasteiger partial charge in [-0.1, -0.05) is 6.92 Å². The predicted molar refractivity (Wildman–Crippen MR) is 140 cm³/mol. The number of rotatable bonds is 8. The summed E-state index contributed by atoms with van der Waals surface area (Å²) in [7, 11) is 0. The third-order valence-electron chi connectivity index (χ3n) is 6.80. The van der Waals surface area contributed by atoms with E-state index >= 15 is 0 Å². The smallest absolute Gasteiger partial charge is 0.251 e. The number of halogens is 1. The zero-order chi connectivity index (χ0) is 26.4. The predicted octanol–water partition coefficient (Wildman–Crippen LogP) is 5.36. The first kappa shape index (κ1) is 24.0. The van der Waals surface area contributed by atoms with E-state index in [0.717, 1.165) is 52.6 Å². The largest absolute Gasteiger partial charge is 0.421 e. The van der Waals surface area contributed by atoms with Crippen molar-refractivity contribution < 1.29 is 8.81 Å². The summed E-state index contributed by atoms with van der Waals surface area (Å²) in [5, 5.41) is 21.3. The van der Waals surface area contributed by atoms with Crippen molar-refractivity contribution in [2.24, 2.45) is 5.92 Å². The summed E-state index contributed by atoms with van der Waals surface area (Å²) in [6.07, 6.45) is 4.66. The van der Waals surface area contributed by atoms with Gasteiger partial charge in [-0.05, 0) is 63.3 Å². The van der Waals surface area contributed by atoms with E-state index in [1.165, 1.54) is 31.3 Å². The van der Waals surface area contributed by atoms with E-state index in [9.17, 15) is 4.39 Å². The standard InChI is InChI=1S/C27H28FN9O/c1-5-21-25(19-8-10-20(28)11-9-19)35-36(13-18-6-7-18)26(21)31-22-12-23(30-14-29-22)37-16(3)24(15(2)34-37)27-33-32-17(4)38-27/h8-12,14,18H,5-7,13H2,1-4H3,(H,29,30,31). The summed E-state index contributed by atoms with van der Waals surface area (Å²) in [4.78, 5) is 8.97. The molecule has 4 heterocycles. The average Bonchev–Trinajstić information content (AvgIpc) is 3.41. The van der Waals surface area contributed by atoms with Crippen molar-refractivity contribution in [3.63, 3.8) is 0 Å². The molecule has 38 heavy (non-hydrogen) atoms. The van der Waals surface area contributed by atoms with Gasteiger partial charge in [0.25, 0.3) is 5.89 Å². The van der Waals surface area contributed by atoms with Crippen LogP contribution < -0.4 is 5.32 Å². The third-order valence-corrected chi connectivity index (χ3v) is 6.80. The number of hydrogen-bond donors (Lipinski definition) is 1. The zero-order valence-corrected chi connectivity index (χ0v) is 21.7.